The zero-order chi connectivity index (χ0) is 9.00. The molecule has 0 amide bonds. The maximum absolute atomic E-state index is 8.64. The van der Waals surface area contributed by atoms with Gasteiger partial charge in [0, 0.05) is 0 Å². The van der Waals surface area contributed by atoms with Crippen LogP contribution >= 0.6 is 0 Å². The maximum atomic E-state index is 8.64. The van der Waals surface area contributed by atoms with Gasteiger partial charge in [-0.2, -0.15) is 0 Å². The second kappa shape index (κ2) is 17.7. The van der Waals surface area contributed by atoms with E-state index < -0.39 is 40.1 Å². The van der Waals surface area contributed by atoms with Crippen molar-refractivity contribution < 1.29 is 31.0 Å². The summed E-state index contributed by atoms with van der Waals surface area (Å²) in [5.74, 6) is 0. The predicted octanol–water partition coefficient (Wildman–Crippen LogP) is -9.12. The van der Waals surface area contributed by atoms with Gasteiger partial charge in [0.15, 0.2) is 0 Å². The minimum absolute atomic E-state index is 0. The van der Waals surface area contributed by atoms with E-state index in [2.05, 4.69) is 0 Å². The average Bonchev–Trinajstić information content (AvgIpc) is 1.12. The fraction of sp³-hybridized carbons (Fsp3) is 0. The van der Waals surface area contributed by atoms with Gasteiger partial charge < -0.3 is 0 Å². The van der Waals surface area contributed by atoms with Crippen LogP contribution in [0.1, 0.15) is 0 Å². The van der Waals surface area contributed by atoms with Gasteiger partial charge in [0.1, 0.15) is 0 Å². The summed E-state index contributed by atoms with van der Waals surface area (Å²) in [5, 5.41) is 0. The van der Waals surface area contributed by atoms with Crippen molar-refractivity contribution in [1.29, 1.82) is 0 Å². The van der Waals surface area contributed by atoms with Crippen LogP contribution in [0.2, 0.25) is 0 Å². The molecule has 0 unspecified atom stereocenters. The van der Waals surface area contributed by atoms with Gasteiger partial charge in [-0.1, -0.05) is 0 Å². The molecule has 0 aromatic heterocycles. The molecule has 0 saturated heterocycles. The summed E-state index contributed by atoms with van der Waals surface area (Å²) in [6, 6.07) is 0. The van der Waals surface area contributed by atoms with E-state index in [1.165, 1.54) is 0 Å². The summed E-state index contributed by atoms with van der Waals surface area (Å²) in [7, 11) is 0. The molecular weight excluding hydrogens is 511 g/mol. The molecule has 0 aromatic carbocycles. The van der Waals surface area contributed by atoms with Crippen molar-refractivity contribution in [2.75, 3.05) is 0 Å². The molecule has 0 N–H and O–H groups in total. The molecular formula is HCa3FO8Sb2. The second-order valence-electron chi connectivity index (χ2n) is 0.894. The normalized spacial score (nSPS) is 8.43. The molecule has 0 heterocycles. The van der Waals surface area contributed by atoms with Crippen LogP contribution in [0.5, 0.6) is 0 Å². The monoisotopic (exact) mass is 510 g/mol. The quantitative estimate of drug-likeness (QED) is 0.288. The van der Waals surface area contributed by atoms with Crippen molar-refractivity contribution >= 4 is 153 Å². The Kier molecular flexibility index (Phi) is 45.9. The molecule has 14 heavy (non-hydrogen) atoms. The van der Waals surface area contributed by atoms with Crippen LogP contribution in [0, 0.1) is 0 Å². The second-order valence-corrected chi connectivity index (χ2v) is 6.00. The van der Waals surface area contributed by atoms with Crippen LogP contribution in [0.15, 0.2) is 0 Å². The first kappa shape index (κ1) is 36.3. The molecule has 0 aliphatic carbocycles. The molecule has 0 fully saturated rings. The Morgan fingerprint density at radius 3 is 0.571 bits per heavy atom. The Bertz CT molecular complexity index is 135. The van der Waals surface area contributed by atoms with Gasteiger partial charge in [-0.3, -0.25) is 4.70 Å². The molecule has 0 radical (unpaired) electrons. The molecule has 0 aliphatic heterocycles. The summed E-state index contributed by atoms with van der Waals surface area (Å²) < 4.78 is 69.1. The summed E-state index contributed by atoms with van der Waals surface area (Å²) in [5.41, 5.74) is 0. The van der Waals surface area contributed by atoms with Crippen LogP contribution in [0.4, 0.5) is 4.70 Å². The van der Waals surface area contributed by atoms with Gasteiger partial charge in [0.2, 0.25) is 0 Å². The van der Waals surface area contributed by atoms with Crippen molar-refractivity contribution in [3.8, 4) is 0 Å². The van der Waals surface area contributed by atoms with Crippen LogP contribution in [0.25, 0.3) is 0 Å². The molecule has 8 nitrogen and oxygen atoms in total. The third-order valence-electron chi connectivity index (χ3n) is 0. The Balaban J connectivity index is -0.0000000178. The topological polar surface area (TPSA) is 172 Å². The summed E-state index contributed by atoms with van der Waals surface area (Å²) in [6.07, 6.45) is 0. The van der Waals surface area contributed by atoms with Gasteiger partial charge >= 0.3 is 180 Å². The van der Waals surface area contributed by atoms with Crippen LogP contribution < -0.4 is 20.3 Å². The first-order valence-corrected chi connectivity index (χ1v) is 9.80. The van der Waals surface area contributed by atoms with E-state index in [1.807, 2.05) is 0 Å². The van der Waals surface area contributed by atoms with E-state index in [1.54, 1.807) is 0 Å². The zero-order valence-corrected chi connectivity index (χ0v) is 18.4. The molecule has 0 saturated carbocycles. The molecule has 0 aliphatic rings. The summed E-state index contributed by atoms with van der Waals surface area (Å²) in [6.45, 7) is 0. The Morgan fingerprint density at radius 2 is 0.571 bits per heavy atom. The van der Waals surface area contributed by atoms with Crippen molar-refractivity contribution in [1.82, 2.24) is 0 Å². The fourth-order valence-corrected chi connectivity index (χ4v) is 0. The minimum atomic E-state index is -6.10. The van der Waals surface area contributed by atoms with Gasteiger partial charge in [0.25, 0.3) is 0 Å². The Hall–Kier alpha value is 4.71. The zero-order valence-electron chi connectivity index (χ0n) is 6.69. The fourth-order valence-electron chi connectivity index (χ4n) is 0. The van der Waals surface area contributed by atoms with E-state index >= 15 is 0 Å². The number of rotatable bonds is 0. The molecule has 14 heteroatoms. The first-order valence-electron chi connectivity index (χ1n) is 1.46. The van der Waals surface area contributed by atoms with E-state index in [0.29, 0.717) is 0 Å². The van der Waals surface area contributed by atoms with Gasteiger partial charge in [-0.15, -0.1) is 0 Å². The first-order chi connectivity index (χ1) is 4.00. The van der Waals surface area contributed by atoms with E-state index in [0.717, 1.165) is 0 Å². The third-order valence-corrected chi connectivity index (χ3v) is 0. The molecule has 72 valence electrons. The number of hydrogen-bond donors (Lipinski definition) is 0. The molecule has 0 aromatic rings. The van der Waals surface area contributed by atoms with Gasteiger partial charge in [-0.25, -0.2) is 0 Å². The number of hydrogen-bond acceptors (Lipinski definition) is 8. The average molecular weight is 512 g/mol. The van der Waals surface area contributed by atoms with Gasteiger partial charge in [0.05, 0.1) is 0 Å². The molecule has 0 rings (SSSR count). The number of halogens is 1. The third kappa shape index (κ3) is 186. The van der Waals surface area contributed by atoms with E-state index in [4.69, 9.17) is 26.3 Å². The van der Waals surface area contributed by atoms with E-state index in [9.17, 15) is 0 Å². The van der Waals surface area contributed by atoms with Crippen molar-refractivity contribution in [3.05, 3.63) is 0 Å². The predicted molar refractivity (Wildman–Crippen MR) is 32.6 cm³/mol. The molecule has 0 bridgehead atoms. The Morgan fingerprint density at radius 1 is 0.571 bits per heavy atom. The summed E-state index contributed by atoms with van der Waals surface area (Å²) in [4.78, 5) is 0. The Labute approximate surface area is 179 Å². The van der Waals surface area contributed by atoms with Crippen LogP contribution in [0.3, 0.4) is 0 Å². The van der Waals surface area contributed by atoms with Crippen molar-refractivity contribution in [3.63, 3.8) is 0 Å². The van der Waals surface area contributed by atoms with Crippen molar-refractivity contribution in [2.45, 2.75) is 0 Å². The van der Waals surface area contributed by atoms with Crippen LogP contribution in [-0.2, 0) is 6.03 Å². The summed E-state index contributed by atoms with van der Waals surface area (Å²) >= 11 is -12.2. The SMILES string of the molecule is F.[Ca+2].[Ca+2].[Ca+2].[O]=[Sb]([O-])([O-])[O-].[O]=[Sb]([O-])([O-])[O-]. The standard InChI is InChI=1S/3Ca.FH.8O.2Sb/h;;;1H;;;;;;;;;;/q3*+2;;;;6*-1;;. The molecule has 0 atom stereocenters. The van der Waals surface area contributed by atoms with Crippen molar-refractivity contribution in [2.24, 2.45) is 0 Å². The van der Waals surface area contributed by atoms with Crippen LogP contribution in [-0.4, -0.2) is 153 Å². The van der Waals surface area contributed by atoms with Gasteiger partial charge in [-0.05, 0) is 0 Å². The van der Waals surface area contributed by atoms with E-state index in [-0.39, 0.29) is 118 Å². The molecule has 0 spiro atoms.